The minimum absolute atomic E-state index is 0.119. The smallest absolute Gasteiger partial charge is 0.311 e. The lowest BCUT2D eigenvalue weighted by atomic mass is 9.51. The van der Waals surface area contributed by atoms with Crippen molar-refractivity contribution in [2.24, 2.45) is 5.92 Å². The molecule has 1 N–H and O–H groups in total. The number of carbonyl (C=O) groups is 1. The molecule has 4 aliphatic rings. The molecule has 5 heteroatoms. The largest absolute Gasteiger partial charge is 0.483 e. The van der Waals surface area contributed by atoms with Crippen LogP contribution in [0.25, 0.3) is 0 Å². The average molecular weight is 373 g/mol. The van der Waals surface area contributed by atoms with Crippen molar-refractivity contribution in [1.82, 2.24) is 4.90 Å². The van der Waals surface area contributed by atoms with Gasteiger partial charge in [-0.15, -0.1) is 0 Å². The minimum Gasteiger partial charge on any atom is -0.483 e. The molecule has 2 heterocycles. The van der Waals surface area contributed by atoms with Crippen LogP contribution < -0.4 is 9.47 Å². The molecule has 0 amide bonds. The second-order valence-electron chi connectivity index (χ2n) is 8.09. The lowest BCUT2D eigenvalue weighted by Crippen LogP contribution is -2.66. The number of rotatable bonds is 2. The van der Waals surface area contributed by atoms with E-state index in [0.717, 1.165) is 38.0 Å². The van der Waals surface area contributed by atoms with Crippen LogP contribution in [0.15, 0.2) is 12.1 Å². The molecule has 1 aromatic rings. The molecule has 5 unspecified atom stereocenters. The van der Waals surface area contributed by atoms with E-state index in [1.54, 1.807) is 6.92 Å². The van der Waals surface area contributed by atoms with Crippen LogP contribution in [0.1, 0.15) is 57.6 Å². The molecule has 5 rings (SSSR count). The maximum absolute atomic E-state index is 11.8. The third-order valence-corrected chi connectivity index (χ3v) is 7.06. The Balaban J connectivity index is 0.000000872. The molecule has 1 aromatic carbocycles. The first-order valence-corrected chi connectivity index (χ1v) is 10.5. The van der Waals surface area contributed by atoms with E-state index in [4.69, 9.17) is 9.47 Å². The Bertz CT molecular complexity index is 748. The molecule has 0 radical (unpaired) electrons. The fourth-order valence-electron chi connectivity index (χ4n) is 5.97. The van der Waals surface area contributed by atoms with Gasteiger partial charge in [0.05, 0.1) is 6.10 Å². The monoisotopic (exact) mass is 373 g/mol. The van der Waals surface area contributed by atoms with Gasteiger partial charge in [0.15, 0.2) is 11.5 Å². The highest BCUT2D eigenvalue weighted by Crippen LogP contribution is 2.63. The van der Waals surface area contributed by atoms with E-state index >= 15 is 0 Å². The van der Waals surface area contributed by atoms with Gasteiger partial charge < -0.3 is 19.5 Å². The van der Waals surface area contributed by atoms with Crippen molar-refractivity contribution in [3.8, 4) is 11.5 Å². The van der Waals surface area contributed by atoms with Gasteiger partial charge in [-0.2, -0.15) is 0 Å². The van der Waals surface area contributed by atoms with Crippen molar-refractivity contribution in [1.29, 1.82) is 0 Å². The fraction of sp³-hybridized carbons (Fsp3) is 0.682. The minimum atomic E-state index is -0.451. The summed E-state index contributed by atoms with van der Waals surface area (Å²) in [7, 11) is 2.22. The van der Waals surface area contributed by atoms with Crippen LogP contribution in [-0.2, 0) is 16.6 Å². The summed E-state index contributed by atoms with van der Waals surface area (Å²) in [6.45, 7) is 6.81. The summed E-state index contributed by atoms with van der Waals surface area (Å²) in [6.07, 6.45) is 3.51. The van der Waals surface area contributed by atoms with E-state index in [2.05, 4.69) is 18.0 Å². The van der Waals surface area contributed by atoms with Crippen LogP contribution in [0, 0.1) is 5.92 Å². The number of hydrogen-bond donors (Lipinski definition) is 1. The quantitative estimate of drug-likeness (QED) is 0.638. The lowest BCUT2D eigenvalue weighted by Gasteiger charge is -2.58. The van der Waals surface area contributed by atoms with E-state index in [1.165, 1.54) is 11.1 Å². The predicted molar refractivity (Wildman–Crippen MR) is 103 cm³/mol. The van der Waals surface area contributed by atoms with E-state index in [1.807, 2.05) is 19.9 Å². The molecule has 2 aliphatic carbocycles. The summed E-state index contributed by atoms with van der Waals surface area (Å²) in [5.74, 6) is 1.50. The standard InChI is InChI=1S/C20H25NO4.C2H6/c1-3-16(23)24-15-7-4-11-10-13-12-5-6-14(22)19-20(12,8-9-21(13)2)17(11)18(15)25-19;1-2/h4,7,12-14,19,22H,3,5-6,8-10H2,1-2H3;1-2H3. The third-order valence-electron chi connectivity index (χ3n) is 7.06. The second-order valence-corrected chi connectivity index (χ2v) is 8.09. The molecular weight excluding hydrogens is 342 g/mol. The molecule has 2 aliphatic heterocycles. The highest BCUT2D eigenvalue weighted by molar-refractivity contribution is 5.74. The highest BCUT2D eigenvalue weighted by Gasteiger charge is 2.65. The van der Waals surface area contributed by atoms with Crippen LogP contribution in [0.4, 0.5) is 0 Å². The first-order valence-electron chi connectivity index (χ1n) is 10.5. The molecule has 1 saturated heterocycles. The van der Waals surface area contributed by atoms with E-state index in [-0.39, 0.29) is 17.5 Å². The summed E-state index contributed by atoms with van der Waals surface area (Å²) in [5.41, 5.74) is 2.41. The fourth-order valence-corrected chi connectivity index (χ4v) is 5.97. The number of piperidine rings is 1. The van der Waals surface area contributed by atoms with Crippen molar-refractivity contribution in [3.63, 3.8) is 0 Å². The molecule has 1 saturated carbocycles. The van der Waals surface area contributed by atoms with Crippen LogP contribution >= 0.6 is 0 Å². The van der Waals surface area contributed by atoms with Gasteiger partial charge in [0.1, 0.15) is 6.10 Å². The Hall–Kier alpha value is -1.59. The number of hydrogen-bond acceptors (Lipinski definition) is 5. The number of ether oxygens (including phenoxy) is 2. The topological polar surface area (TPSA) is 59.0 Å². The van der Waals surface area contributed by atoms with Gasteiger partial charge in [-0.1, -0.05) is 26.8 Å². The zero-order valence-electron chi connectivity index (χ0n) is 16.8. The Morgan fingerprint density at radius 3 is 2.89 bits per heavy atom. The number of nitrogens with zero attached hydrogens (tertiary/aromatic N) is 1. The van der Waals surface area contributed by atoms with Gasteiger partial charge in [-0.3, -0.25) is 4.79 Å². The van der Waals surface area contributed by atoms with Crippen LogP contribution in [-0.4, -0.2) is 47.8 Å². The van der Waals surface area contributed by atoms with Crippen LogP contribution in [0.3, 0.4) is 0 Å². The van der Waals surface area contributed by atoms with Gasteiger partial charge in [0.25, 0.3) is 0 Å². The number of esters is 1. The molecule has 2 fully saturated rings. The second kappa shape index (κ2) is 6.78. The van der Waals surface area contributed by atoms with Crippen LogP contribution in [0.2, 0.25) is 0 Å². The SMILES string of the molecule is CC.CCC(=O)Oc1ccc2c3c1OC1C(O)CCC4C(C2)N(C)CCC341. The molecule has 1 spiro atoms. The molecule has 2 bridgehead atoms. The summed E-state index contributed by atoms with van der Waals surface area (Å²) in [5, 5.41) is 10.7. The predicted octanol–water partition coefficient (Wildman–Crippen LogP) is 3.06. The normalized spacial score (nSPS) is 35.4. The molecule has 5 atom stereocenters. The summed E-state index contributed by atoms with van der Waals surface area (Å²) >= 11 is 0. The molecule has 5 nitrogen and oxygen atoms in total. The van der Waals surface area contributed by atoms with Crippen LogP contribution in [0.5, 0.6) is 11.5 Å². The number of likely N-dealkylation sites (tertiary alicyclic amines) is 1. The highest BCUT2D eigenvalue weighted by atomic mass is 16.6. The number of aliphatic hydroxyl groups excluding tert-OH is 1. The zero-order chi connectivity index (χ0) is 19.3. The first-order chi connectivity index (χ1) is 13.1. The Morgan fingerprint density at radius 2 is 2.15 bits per heavy atom. The van der Waals surface area contributed by atoms with Gasteiger partial charge in [-0.05, 0) is 56.8 Å². The zero-order valence-corrected chi connectivity index (χ0v) is 16.8. The maximum atomic E-state index is 11.8. The molecule has 0 aromatic heterocycles. The lowest BCUT2D eigenvalue weighted by molar-refractivity contribution is -0.134. The first kappa shape index (κ1) is 18.8. The third kappa shape index (κ3) is 2.47. The van der Waals surface area contributed by atoms with Gasteiger partial charge in [0.2, 0.25) is 0 Å². The van der Waals surface area contributed by atoms with E-state index in [9.17, 15) is 9.90 Å². The van der Waals surface area contributed by atoms with Gasteiger partial charge in [0, 0.05) is 23.4 Å². The Kier molecular flexibility index (Phi) is 4.71. The molecular formula is C22H31NO4. The van der Waals surface area contributed by atoms with Crippen molar-refractivity contribution >= 4 is 5.97 Å². The van der Waals surface area contributed by atoms with Crippen molar-refractivity contribution in [2.75, 3.05) is 13.6 Å². The molecule has 27 heavy (non-hydrogen) atoms. The summed E-state index contributed by atoms with van der Waals surface area (Å²) in [4.78, 5) is 14.3. The maximum Gasteiger partial charge on any atom is 0.311 e. The number of benzene rings is 1. The number of aliphatic hydroxyl groups is 1. The molecule has 148 valence electrons. The van der Waals surface area contributed by atoms with Gasteiger partial charge in [-0.25, -0.2) is 0 Å². The van der Waals surface area contributed by atoms with Crippen molar-refractivity contribution in [2.45, 2.75) is 76.5 Å². The van der Waals surface area contributed by atoms with Crippen molar-refractivity contribution < 1.29 is 19.4 Å². The number of carbonyl (C=O) groups excluding carboxylic acids is 1. The Labute approximate surface area is 161 Å². The van der Waals surface area contributed by atoms with E-state index in [0.29, 0.717) is 24.1 Å². The Morgan fingerprint density at radius 1 is 1.37 bits per heavy atom. The number of likely N-dealkylation sites (N-methyl/N-ethyl adjacent to an activating group) is 1. The summed E-state index contributed by atoms with van der Waals surface area (Å²) in [6, 6.07) is 4.49. The van der Waals surface area contributed by atoms with Crippen molar-refractivity contribution in [3.05, 3.63) is 23.3 Å². The van der Waals surface area contributed by atoms with Gasteiger partial charge >= 0.3 is 5.97 Å². The summed E-state index contributed by atoms with van der Waals surface area (Å²) < 4.78 is 11.9. The average Bonchev–Trinajstić information content (AvgIpc) is 3.04. The van der Waals surface area contributed by atoms with E-state index < -0.39 is 6.10 Å².